The van der Waals surface area contributed by atoms with Crippen molar-refractivity contribution in [3.63, 3.8) is 0 Å². The number of anilines is 1. The lowest BCUT2D eigenvalue weighted by Gasteiger charge is -2.30. The van der Waals surface area contributed by atoms with Crippen molar-refractivity contribution in [3.05, 3.63) is 65.7 Å². The molecule has 2 aromatic rings. The van der Waals surface area contributed by atoms with Crippen LogP contribution in [0, 0.1) is 5.82 Å². The molecule has 7 heteroatoms. The zero-order valence-electron chi connectivity index (χ0n) is 17.9. The molecule has 0 spiro atoms. The standard InChI is InChI=1S/C24H28FN3O3/c1-3-27(4-2)14-8-13-26-23(29)17-28-20-11-5-6-12-21(20)31-22(24(28)30)16-18-9-7-10-19(25)15-18/h5-7,9-12,15-16H,3-4,8,13-14,17H2,1-2H3,(H,26,29)/b22-16+. The van der Waals surface area contributed by atoms with Crippen molar-refractivity contribution in [1.29, 1.82) is 0 Å². The maximum atomic E-state index is 13.5. The summed E-state index contributed by atoms with van der Waals surface area (Å²) >= 11 is 0. The van der Waals surface area contributed by atoms with E-state index in [2.05, 4.69) is 24.1 Å². The zero-order chi connectivity index (χ0) is 22.2. The van der Waals surface area contributed by atoms with Gasteiger partial charge in [-0.05, 0) is 62.0 Å². The number of hydrogen-bond donors (Lipinski definition) is 1. The average Bonchev–Trinajstić information content (AvgIpc) is 2.77. The molecule has 0 saturated carbocycles. The molecule has 0 saturated heterocycles. The van der Waals surface area contributed by atoms with Gasteiger partial charge in [0.05, 0.1) is 5.69 Å². The summed E-state index contributed by atoms with van der Waals surface area (Å²) in [5.74, 6) is -0.576. The lowest BCUT2D eigenvalue weighted by atomic mass is 10.1. The molecular formula is C24H28FN3O3. The molecule has 0 aliphatic carbocycles. The van der Waals surface area contributed by atoms with Crippen LogP contribution in [0.15, 0.2) is 54.3 Å². The molecule has 1 aliphatic heterocycles. The first-order valence-electron chi connectivity index (χ1n) is 10.6. The number of amides is 2. The highest BCUT2D eigenvalue weighted by Crippen LogP contribution is 2.35. The predicted octanol–water partition coefficient (Wildman–Crippen LogP) is 3.44. The number of rotatable bonds is 9. The largest absolute Gasteiger partial charge is 0.449 e. The van der Waals surface area contributed by atoms with Crippen LogP contribution in [0.4, 0.5) is 10.1 Å². The van der Waals surface area contributed by atoms with Gasteiger partial charge in [0.2, 0.25) is 5.91 Å². The van der Waals surface area contributed by atoms with E-state index in [-0.39, 0.29) is 18.2 Å². The lowest BCUT2D eigenvalue weighted by Crippen LogP contribution is -2.44. The second-order valence-corrected chi connectivity index (χ2v) is 7.26. The lowest BCUT2D eigenvalue weighted by molar-refractivity contribution is -0.123. The van der Waals surface area contributed by atoms with Gasteiger partial charge < -0.3 is 15.0 Å². The van der Waals surface area contributed by atoms with E-state index in [1.165, 1.54) is 23.1 Å². The van der Waals surface area contributed by atoms with E-state index in [1.807, 2.05) is 0 Å². The summed E-state index contributed by atoms with van der Waals surface area (Å²) in [6.45, 7) is 7.50. The Morgan fingerprint density at radius 3 is 2.68 bits per heavy atom. The fourth-order valence-corrected chi connectivity index (χ4v) is 3.44. The summed E-state index contributed by atoms with van der Waals surface area (Å²) in [6.07, 6.45) is 2.32. The summed E-state index contributed by atoms with van der Waals surface area (Å²) in [5.41, 5.74) is 1.03. The minimum atomic E-state index is -0.443. The minimum absolute atomic E-state index is 0.0404. The van der Waals surface area contributed by atoms with Gasteiger partial charge in [-0.15, -0.1) is 0 Å². The van der Waals surface area contributed by atoms with Gasteiger partial charge in [0, 0.05) is 6.54 Å². The molecule has 1 heterocycles. The summed E-state index contributed by atoms with van der Waals surface area (Å²) in [5, 5.41) is 2.89. The van der Waals surface area contributed by atoms with Gasteiger partial charge in [0.1, 0.15) is 12.4 Å². The number of carbonyl (C=O) groups is 2. The van der Waals surface area contributed by atoms with Gasteiger partial charge in [-0.2, -0.15) is 0 Å². The van der Waals surface area contributed by atoms with Crippen LogP contribution in [-0.2, 0) is 9.59 Å². The number of nitrogens with one attached hydrogen (secondary N) is 1. The molecule has 6 nitrogen and oxygen atoms in total. The number of para-hydroxylation sites is 2. The van der Waals surface area contributed by atoms with Crippen molar-refractivity contribution in [2.75, 3.05) is 37.6 Å². The van der Waals surface area contributed by atoms with Crippen LogP contribution >= 0.6 is 0 Å². The van der Waals surface area contributed by atoms with Crippen LogP contribution in [0.2, 0.25) is 0 Å². The number of carbonyl (C=O) groups excluding carboxylic acids is 2. The number of benzene rings is 2. The van der Waals surface area contributed by atoms with Crippen molar-refractivity contribution in [3.8, 4) is 5.75 Å². The third-order valence-electron chi connectivity index (χ3n) is 5.15. The van der Waals surface area contributed by atoms with Gasteiger partial charge in [-0.25, -0.2) is 4.39 Å². The molecule has 2 aromatic carbocycles. The zero-order valence-corrected chi connectivity index (χ0v) is 17.9. The first-order chi connectivity index (χ1) is 15.0. The highest BCUT2D eigenvalue weighted by Gasteiger charge is 2.31. The number of hydrogen-bond acceptors (Lipinski definition) is 4. The van der Waals surface area contributed by atoms with E-state index >= 15 is 0 Å². The van der Waals surface area contributed by atoms with Gasteiger partial charge in [-0.1, -0.05) is 38.1 Å². The number of fused-ring (bicyclic) bond motifs is 1. The molecule has 0 atom stereocenters. The van der Waals surface area contributed by atoms with Crippen LogP contribution in [-0.4, -0.2) is 49.4 Å². The van der Waals surface area contributed by atoms with Gasteiger partial charge in [-0.3, -0.25) is 14.5 Å². The number of ether oxygens (including phenoxy) is 1. The maximum Gasteiger partial charge on any atom is 0.294 e. The van der Waals surface area contributed by atoms with Gasteiger partial charge in [0.25, 0.3) is 5.91 Å². The molecule has 1 aliphatic rings. The maximum absolute atomic E-state index is 13.5. The third-order valence-corrected chi connectivity index (χ3v) is 5.15. The number of nitrogens with zero attached hydrogens (tertiary/aromatic N) is 2. The van der Waals surface area contributed by atoms with E-state index in [0.29, 0.717) is 23.5 Å². The van der Waals surface area contributed by atoms with Crippen LogP contribution in [0.25, 0.3) is 6.08 Å². The molecule has 2 amide bonds. The quantitative estimate of drug-likeness (QED) is 0.494. The summed E-state index contributed by atoms with van der Waals surface area (Å²) in [7, 11) is 0. The topological polar surface area (TPSA) is 61.9 Å². The Bertz CT molecular complexity index is 957. The Morgan fingerprint density at radius 2 is 1.94 bits per heavy atom. The molecule has 0 unspecified atom stereocenters. The van der Waals surface area contributed by atoms with E-state index in [9.17, 15) is 14.0 Å². The van der Waals surface area contributed by atoms with E-state index in [4.69, 9.17) is 4.74 Å². The van der Waals surface area contributed by atoms with Gasteiger partial charge in [0.15, 0.2) is 11.5 Å². The van der Waals surface area contributed by atoms with Crippen molar-refractivity contribution < 1.29 is 18.7 Å². The molecule has 31 heavy (non-hydrogen) atoms. The van der Waals surface area contributed by atoms with E-state index in [1.54, 1.807) is 36.4 Å². The molecule has 1 N–H and O–H groups in total. The molecule has 0 bridgehead atoms. The Balaban J connectivity index is 1.71. The highest BCUT2D eigenvalue weighted by molar-refractivity contribution is 6.12. The molecule has 164 valence electrons. The monoisotopic (exact) mass is 425 g/mol. The van der Waals surface area contributed by atoms with Crippen molar-refractivity contribution >= 4 is 23.6 Å². The van der Waals surface area contributed by atoms with E-state index in [0.717, 1.165) is 26.1 Å². The first-order valence-corrected chi connectivity index (χ1v) is 10.6. The SMILES string of the molecule is CCN(CC)CCCNC(=O)CN1C(=O)/C(=C\c2cccc(F)c2)Oc2ccccc21. The smallest absolute Gasteiger partial charge is 0.294 e. The van der Waals surface area contributed by atoms with Crippen molar-refractivity contribution in [2.24, 2.45) is 0 Å². The van der Waals surface area contributed by atoms with Crippen molar-refractivity contribution in [2.45, 2.75) is 20.3 Å². The van der Waals surface area contributed by atoms with Crippen LogP contribution in [0.5, 0.6) is 5.75 Å². The van der Waals surface area contributed by atoms with Gasteiger partial charge >= 0.3 is 0 Å². The Hall–Kier alpha value is -3.19. The summed E-state index contributed by atoms with van der Waals surface area (Å²) in [4.78, 5) is 29.3. The third kappa shape index (κ3) is 5.92. The Labute approximate surface area is 182 Å². The second-order valence-electron chi connectivity index (χ2n) is 7.26. The molecule has 0 radical (unpaired) electrons. The molecule has 3 rings (SSSR count). The first kappa shape index (κ1) is 22.5. The molecule has 0 fully saturated rings. The Morgan fingerprint density at radius 1 is 1.16 bits per heavy atom. The highest BCUT2D eigenvalue weighted by atomic mass is 19.1. The molecule has 0 aromatic heterocycles. The second kappa shape index (κ2) is 10.7. The predicted molar refractivity (Wildman–Crippen MR) is 119 cm³/mol. The van der Waals surface area contributed by atoms with Crippen LogP contribution in [0.1, 0.15) is 25.8 Å². The fourth-order valence-electron chi connectivity index (χ4n) is 3.44. The normalized spacial score (nSPS) is 14.5. The fraction of sp³-hybridized carbons (Fsp3) is 0.333. The summed E-state index contributed by atoms with van der Waals surface area (Å²) in [6, 6.07) is 12.9. The summed E-state index contributed by atoms with van der Waals surface area (Å²) < 4.78 is 19.3. The Kier molecular flexibility index (Phi) is 7.78. The van der Waals surface area contributed by atoms with E-state index < -0.39 is 11.7 Å². The average molecular weight is 426 g/mol. The van der Waals surface area contributed by atoms with Crippen molar-refractivity contribution in [1.82, 2.24) is 10.2 Å². The minimum Gasteiger partial charge on any atom is -0.449 e. The number of halogens is 1. The van der Waals surface area contributed by atoms with Crippen LogP contribution in [0.3, 0.4) is 0 Å². The van der Waals surface area contributed by atoms with Crippen LogP contribution < -0.4 is 15.0 Å². The molecular weight excluding hydrogens is 397 g/mol.